The fraction of sp³-hybridized carbons (Fsp3) is 0.917. The quantitative estimate of drug-likeness (QED) is 0.634. The molecule has 0 aromatic rings. The Morgan fingerprint density at radius 1 is 1.40 bits per heavy atom. The first-order chi connectivity index (χ1) is 7.24. The van der Waals surface area contributed by atoms with Gasteiger partial charge in [0.05, 0.1) is 19.1 Å². The Bertz CT molecular complexity index is 229. The van der Waals surface area contributed by atoms with Crippen LogP contribution in [-0.4, -0.2) is 25.3 Å². The van der Waals surface area contributed by atoms with E-state index in [1.54, 1.807) is 0 Å². The summed E-state index contributed by atoms with van der Waals surface area (Å²) in [5.74, 6) is 0.765. The standard InChI is InChI=1S/C12H20O3/c1-14-11(13)9-12(6-2-7-12)15-8-5-10-3-4-10/h10H,2-9H2,1H3. The SMILES string of the molecule is COC(=O)CC1(OCCC2CC2)CCC1. The zero-order chi connectivity index (χ0) is 10.7. The average Bonchev–Trinajstić information content (AvgIpc) is 2.97. The van der Waals surface area contributed by atoms with Crippen LogP contribution in [0.1, 0.15) is 44.9 Å². The van der Waals surface area contributed by atoms with Crippen molar-refractivity contribution in [3.63, 3.8) is 0 Å². The fourth-order valence-corrected chi connectivity index (χ4v) is 2.13. The van der Waals surface area contributed by atoms with Crippen molar-refractivity contribution in [2.24, 2.45) is 5.92 Å². The molecule has 0 aromatic carbocycles. The van der Waals surface area contributed by atoms with E-state index in [-0.39, 0.29) is 11.6 Å². The minimum Gasteiger partial charge on any atom is -0.469 e. The summed E-state index contributed by atoms with van der Waals surface area (Å²) < 4.78 is 10.6. The van der Waals surface area contributed by atoms with Crippen LogP contribution in [0.15, 0.2) is 0 Å². The first-order valence-electron chi connectivity index (χ1n) is 5.95. The molecule has 2 rings (SSSR count). The number of esters is 1. The summed E-state index contributed by atoms with van der Waals surface area (Å²) >= 11 is 0. The second-order valence-electron chi connectivity index (χ2n) is 4.87. The minimum absolute atomic E-state index is 0.138. The first-order valence-corrected chi connectivity index (χ1v) is 5.95. The molecule has 15 heavy (non-hydrogen) atoms. The highest BCUT2D eigenvalue weighted by Crippen LogP contribution is 2.40. The lowest BCUT2D eigenvalue weighted by Gasteiger charge is -2.40. The predicted molar refractivity (Wildman–Crippen MR) is 56.5 cm³/mol. The van der Waals surface area contributed by atoms with Gasteiger partial charge in [-0.15, -0.1) is 0 Å². The Morgan fingerprint density at radius 3 is 2.60 bits per heavy atom. The fourth-order valence-electron chi connectivity index (χ4n) is 2.13. The van der Waals surface area contributed by atoms with Gasteiger partial charge in [-0.1, -0.05) is 12.8 Å². The Balaban J connectivity index is 1.71. The molecule has 0 heterocycles. The van der Waals surface area contributed by atoms with Gasteiger partial charge in [0.15, 0.2) is 0 Å². The average molecular weight is 212 g/mol. The van der Waals surface area contributed by atoms with Gasteiger partial charge in [-0.25, -0.2) is 0 Å². The van der Waals surface area contributed by atoms with Gasteiger partial charge in [-0.2, -0.15) is 0 Å². The molecule has 0 aliphatic heterocycles. The summed E-state index contributed by atoms with van der Waals surface area (Å²) in [6.07, 6.45) is 7.57. The van der Waals surface area contributed by atoms with Crippen LogP contribution in [0.2, 0.25) is 0 Å². The second kappa shape index (κ2) is 4.52. The van der Waals surface area contributed by atoms with E-state index in [1.165, 1.54) is 32.8 Å². The van der Waals surface area contributed by atoms with E-state index in [9.17, 15) is 4.79 Å². The molecule has 0 spiro atoms. The van der Waals surface area contributed by atoms with Crippen LogP contribution in [0.3, 0.4) is 0 Å². The summed E-state index contributed by atoms with van der Waals surface area (Å²) in [5, 5.41) is 0. The summed E-state index contributed by atoms with van der Waals surface area (Å²) in [6.45, 7) is 0.821. The number of rotatable bonds is 6. The molecule has 2 fully saturated rings. The number of ether oxygens (including phenoxy) is 2. The van der Waals surface area contributed by atoms with E-state index < -0.39 is 0 Å². The highest BCUT2D eigenvalue weighted by Gasteiger charge is 2.40. The van der Waals surface area contributed by atoms with Crippen molar-refractivity contribution >= 4 is 5.97 Å². The highest BCUT2D eigenvalue weighted by molar-refractivity contribution is 5.70. The summed E-state index contributed by atoms with van der Waals surface area (Å²) in [6, 6.07) is 0. The molecule has 0 amide bonds. The molecule has 0 saturated heterocycles. The highest BCUT2D eigenvalue weighted by atomic mass is 16.5. The van der Waals surface area contributed by atoms with E-state index >= 15 is 0 Å². The molecule has 86 valence electrons. The Labute approximate surface area is 91.1 Å². The van der Waals surface area contributed by atoms with Gasteiger partial charge in [0.2, 0.25) is 0 Å². The Morgan fingerprint density at radius 2 is 2.13 bits per heavy atom. The third-order valence-corrected chi connectivity index (χ3v) is 3.59. The van der Waals surface area contributed by atoms with Gasteiger partial charge in [0.1, 0.15) is 0 Å². The smallest absolute Gasteiger partial charge is 0.308 e. The van der Waals surface area contributed by atoms with Crippen molar-refractivity contribution in [1.82, 2.24) is 0 Å². The van der Waals surface area contributed by atoms with Crippen LogP contribution in [0.4, 0.5) is 0 Å². The molecule has 2 aliphatic rings. The Kier molecular flexibility index (Phi) is 3.29. The normalized spacial score (nSPS) is 23.3. The van der Waals surface area contributed by atoms with Crippen molar-refractivity contribution in [2.45, 2.75) is 50.5 Å². The molecule has 3 nitrogen and oxygen atoms in total. The third kappa shape index (κ3) is 2.94. The molecule has 0 N–H and O–H groups in total. The molecule has 2 saturated carbocycles. The molecule has 2 aliphatic carbocycles. The van der Waals surface area contributed by atoms with Gasteiger partial charge in [0, 0.05) is 6.61 Å². The Hall–Kier alpha value is -0.570. The van der Waals surface area contributed by atoms with Crippen LogP contribution < -0.4 is 0 Å². The monoisotopic (exact) mass is 212 g/mol. The van der Waals surface area contributed by atoms with Gasteiger partial charge in [-0.05, 0) is 31.6 Å². The van der Waals surface area contributed by atoms with Gasteiger partial charge in [0.25, 0.3) is 0 Å². The molecule has 0 bridgehead atoms. The van der Waals surface area contributed by atoms with E-state index in [0.717, 1.165) is 25.4 Å². The van der Waals surface area contributed by atoms with Crippen LogP contribution in [0.25, 0.3) is 0 Å². The van der Waals surface area contributed by atoms with Gasteiger partial charge in [-0.3, -0.25) is 4.79 Å². The largest absolute Gasteiger partial charge is 0.469 e. The number of carbonyl (C=O) groups excluding carboxylic acids is 1. The summed E-state index contributed by atoms with van der Waals surface area (Å²) in [7, 11) is 1.44. The zero-order valence-electron chi connectivity index (χ0n) is 9.46. The summed E-state index contributed by atoms with van der Waals surface area (Å²) in [4.78, 5) is 11.2. The number of methoxy groups -OCH3 is 1. The minimum atomic E-state index is -0.165. The molecular weight excluding hydrogens is 192 g/mol. The van der Waals surface area contributed by atoms with Crippen LogP contribution in [0, 0.1) is 5.92 Å². The van der Waals surface area contributed by atoms with Gasteiger partial charge < -0.3 is 9.47 Å². The lowest BCUT2D eigenvalue weighted by atomic mass is 9.77. The van der Waals surface area contributed by atoms with E-state index in [2.05, 4.69) is 0 Å². The van der Waals surface area contributed by atoms with Crippen LogP contribution >= 0.6 is 0 Å². The maximum atomic E-state index is 11.2. The zero-order valence-corrected chi connectivity index (χ0v) is 9.46. The lowest BCUT2D eigenvalue weighted by Crippen LogP contribution is -2.42. The molecular formula is C12H20O3. The lowest BCUT2D eigenvalue weighted by molar-refractivity contribution is -0.157. The number of hydrogen-bond acceptors (Lipinski definition) is 3. The molecule has 0 aromatic heterocycles. The van der Waals surface area contributed by atoms with Crippen molar-refractivity contribution < 1.29 is 14.3 Å². The van der Waals surface area contributed by atoms with Crippen molar-refractivity contribution in [1.29, 1.82) is 0 Å². The third-order valence-electron chi connectivity index (χ3n) is 3.59. The topological polar surface area (TPSA) is 35.5 Å². The van der Waals surface area contributed by atoms with Gasteiger partial charge >= 0.3 is 5.97 Å². The van der Waals surface area contributed by atoms with Crippen LogP contribution in [-0.2, 0) is 14.3 Å². The first kappa shape index (κ1) is 10.9. The molecule has 3 heteroatoms. The molecule has 0 radical (unpaired) electrons. The maximum Gasteiger partial charge on any atom is 0.308 e. The maximum absolute atomic E-state index is 11.2. The van der Waals surface area contributed by atoms with E-state index in [4.69, 9.17) is 9.47 Å². The van der Waals surface area contributed by atoms with Crippen molar-refractivity contribution in [3.05, 3.63) is 0 Å². The molecule has 0 unspecified atom stereocenters. The van der Waals surface area contributed by atoms with Crippen molar-refractivity contribution in [2.75, 3.05) is 13.7 Å². The second-order valence-corrected chi connectivity index (χ2v) is 4.87. The van der Waals surface area contributed by atoms with E-state index in [0.29, 0.717) is 6.42 Å². The molecule has 0 atom stereocenters. The van der Waals surface area contributed by atoms with Crippen molar-refractivity contribution in [3.8, 4) is 0 Å². The van der Waals surface area contributed by atoms with E-state index in [1.807, 2.05) is 0 Å². The number of carbonyl (C=O) groups is 1. The van der Waals surface area contributed by atoms with Crippen LogP contribution in [0.5, 0.6) is 0 Å². The predicted octanol–water partition coefficient (Wildman–Crippen LogP) is 2.29. The summed E-state index contributed by atoms with van der Waals surface area (Å²) in [5.41, 5.74) is -0.165. The number of hydrogen-bond donors (Lipinski definition) is 0.